The summed E-state index contributed by atoms with van der Waals surface area (Å²) in [6.07, 6.45) is 5.13. The molecule has 10 heteroatoms. The Morgan fingerprint density at radius 3 is 2.69 bits per heavy atom. The summed E-state index contributed by atoms with van der Waals surface area (Å²) in [5, 5.41) is 0. The minimum Gasteiger partial charge on any atom is -0.478 e. The van der Waals surface area contributed by atoms with Crippen LogP contribution in [-0.4, -0.2) is 72.4 Å². The van der Waals surface area contributed by atoms with Gasteiger partial charge in [0, 0.05) is 30.9 Å². The molecule has 36 heavy (non-hydrogen) atoms. The highest BCUT2D eigenvalue weighted by Crippen LogP contribution is 2.33. The molecule has 0 saturated carbocycles. The molecule has 0 aliphatic carbocycles. The van der Waals surface area contributed by atoms with Crippen molar-refractivity contribution in [3.05, 3.63) is 60.6 Å². The minimum absolute atomic E-state index is 0.0730. The van der Waals surface area contributed by atoms with Crippen LogP contribution in [0.5, 0.6) is 5.88 Å². The fourth-order valence-corrected chi connectivity index (χ4v) is 5.50. The Bertz CT molecular complexity index is 1480. The van der Waals surface area contributed by atoms with Crippen molar-refractivity contribution < 1.29 is 13.2 Å². The molecule has 1 aliphatic rings. The number of rotatable bonds is 9. The monoisotopic (exact) mass is 506 g/mol. The summed E-state index contributed by atoms with van der Waals surface area (Å²) in [4.78, 5) is 15.9. The lowest BCUT2D eigenvalue weighted by Crippen LogP contribution is -2.30. The summed E-state index contributed by atoms with van der Waals surface area (Å²) >= 11 is 0. The Hall–Kier alpha value is -3.50. The van der Waals surface area contributed by atoms with Crippen molar-refractivity contribution in [3.63, 3.8) is 0 Å². The maximum Gasteiger partial charge on any atom is 0.234 e. The van der Waals surface area contributed by atoms with Gasteiger partial charge in [0.15, 0.2) is 5.65 Å². The zero-order chi connectivity index (χ0) is 25.3. The van der Waals surface area contributed by atoms with E-state index in [0.717, 1.165) is 46.7 Å². The number of ether oxygens (including phenoxy) is 1. The first-order chi connectivity index (χ1) is 17.4. The van der Waals surface area contributed by atoms with Crippen LogP contribution in [0.3, 0.4) is 0 Å². The SMILES string of the molecule is CCS(=O)(=O)N1CCc2ccc(-n3cnc4ccc(-c5ccc(OCCCN(C)C)nc5)nc43)cc21. The fraction of sp³-hybridized carbons (Fsp3) is 0.346. The van der Waals surface area contributed by atoms with Gasteiger partial charge in [0.2, 0.25) is 15.9 Å². The smallest absolute Gasteiger partial charge is 0.234 e. The van der Waals surface area contributed by atoms with Crippen molar-refractivity contribution in [1.29, 1.82) is 0 Å². The number of benzene rings is 1. The van der Waals surface area contributed by atoms with Gasteiger partial charge in [-0.25, -0.2) is 23.4 Å². The van der Waals surface area contributed by atoms with E-state index >= 15 is 0 Å². The Kier molecular flexibility index (Phi) is 6.63. The molecule has 4 aromatic rings. The number of hydrogen-bond donors (Lipinski definition) is 0. The third-order valence-electron chi connectivity index (χ3n) is 6.33. The van der Waals surface area contributed by atoms with Crippen molar-refractivity contribution in [1.82, 2.24) is 24.4 Å². The molecule has 0 bridgehead atoms. The number of nitrogens with zero attached hydrogens (tertiary/aromatic N) is 6. The number of anilines is 1. The van der Waals surface area contributed by atoms with Crippen molar-refractivity contribution in [3.8, 4) is 22.8 Å². The molecule has 0 saturated heterocycles. The molecule has 5 rings (SSSR count). The molecule has 0 N–H and O–H groups in total. The molecule has 1 aromatic carbocycles. The summed E-state index contributed by atoms with van der Waals surface area (Å²) in [5.74, 6) is 0.664. The van der Waals surface area contributed by atoms with Crippen molar-refractivity contribution in [2.24, 2.45) is 0 Å². The molecule has 0 unspecified atom stereocenters. The maximum absolute atomic E-state index is 12.6. The minimum atomic E-state index is -3.32. The predicted molar refractivity (Wildman–Crippen MR) is 141 cm³/mol. The topological polar surface area (TPSA) is 93.5 Å². The molecule has 188 valence electrons. The predicted octanol–water partition coefficient (Wildman–Crippen LogP) is 3.53. The average Bonchev–Trinajstić information content (AvgIpc) is 3.51. The summed E-state index contributed by atoms with van der Waals surface area (Å²) in [7, 11) is 0.757. The molecular weight excluding hydrogens is 476 g/mol. The van der Waals surface area contributed by atoms with Crippen LogP contribution in [0.15, 0.2) is 55.0 Å². The second-order valence-corrected chi connectivity index (χ2v) is 11.3. The van der Waals surface area contributed by atoms with Gasteiger partial charge < -0.3 is 9.64 Å². The van der Waals surface area contributed by atoms with E-state index in [2.05, 4.69) is 14.9 Å². The van der Waals surface area contributed by atoms with Crippen LogP contribution >= 0.6 is 0 Å². The van der Waals surface area contributed by atoms with Crippen LogP contribution in [0.4, 0.5) is 5.69 Å². The van der Waals surface area contributed by atoms with Crippen LogP contribution in [0.25, 0.3) is 28.1 Å². The molecule has 0 atom stereocenters. The number of aromatic nitrogens is 4. The Balaban J connectivity index is 1.41. The van der Waals surface area contributed by atoms with E-state index < -0.39 is 10.0 Å². The lowest BCUT2D eigenvalue weighted by atomic mass is 10.1. The number of pyridine rings is 2. The highest BCUT2D eigenvalue weighted by molar-refractivity contribution is 7.92. The van der Waals surface area contributed by atoms with Crippen LogP contribution in [-0.2, 0) is 16.4 Å². The van der Waals surface area contributed by atoms with Gasteiger partial charge in [0.25, 0.3) is 0 Å². The van der Waals surface area contributed by atoms with E-state index in [-0.39, 0.29) is 5.75 Å². The normalized spacial score (nSPS) is 13.5. The first-order valence-corrected chi connectivity index (χ1v) is 13.7. The summed E-state index contributed by atoms with van der Waals surface area (Å²) < 4.78 is 34.3. The summed E-state index contributed by atoms with van der Waals surface area (Å²) in [6.45, 7) is 3.73. The summed E-state index contributed by atoms with van der Waals surface area (Å²) in [6, 6.07) is 13.6. The van der Waals surface area contributed by atoms with Gasteiger partial charge in [-0.3, -0.25) is 8.87 Å². The van der Waals surface area contributed by atoms with Gasteiger partial charge in [-0.2, -0.15) is 0 Å². The van der Waals surface area contributed by atoms with Crippen LogP contribution in [0, 0.1) is 0 Å². The molecule has 0 spiro atoms. The molecular formula is C26H30N6O3S. The quantitative estimate of drug-likeness (QED) is 0.321. The van der Waals surface area contributed by atoms with Crippen molar-refractivity contribution >= 4 is 26.9 Å². The van der Waals surface area contributed by atoms with Gasteiger partial charge in [-0.1, -0.05) is 6.07 Å². The van der Waals surface area contributed by atoms with E-state index in [0.29, 0.717) is 31.1 Å². The highest BCUT2D eigenvalue weighted by atomic mass is 32.2. The molecule has 0 fully saturated rings. The second-order valence-electron chi connectivity index (χ2n) is 9.08. The molecule has 9 nitrogen and oxygen atoms in total. The second kappa shape index (κ2) is 9.87. The largest absolute Gasteiger partial charge is 0.478 e. The zero-order valence-electron chi connectivity index (χ0n) is 20.8. The standard InChI is InChI=1S/C26H30N6O3S/c1-4-36(33,34)32-14-12-19-6-8-21(16-24(19)32)31-18-28-23-10-9-22(29-26(23)31)20-7-11-25(27-17-20)35-15-5-13-30(2)3/h6-11,16-18H,4-5,12-15H2,1-3H3. The lowest BCUT2D eigenvalue weighted by Gasteiger charge is -2.19. The van der Waals surface area contributed by atoms with E-state index in [9.17, 15) is 8.42 Å². The van der Waals surface area contributed by atoms with Gasteiger partial charge in [-0.15, -0.1) is 0 Å². The van der Waals surface area contributed by atoms with E-state index in [1.165, 1.54) is 4.31 Å². The summed E-state index contributed by atoms with van der Waals surface area (Å²) in [5.41, 5.74) is 5.68. The van der Waals surface area contributed by atoms with Gasteiger partial charge >= 0.3 is 0 Å². The van der Waals surface area contributed by atoms with Crippen LogP contribution < -0.4 is 9.04 Å². The first kappa shape index (κ1) is 24.2. The number of fused-ring (bicyclic) bond motifs is 2. The molecule has 0 amide bonds. The third-order valence-corrected chi connectivity index (χ3v) is 8.11. The lowest BCUT2D eigenvalue weighted by molar-refractivity contribution is 0.273. The average molecular weight is 507 g/mol. The third kappa shape index (κ3) is 4.78. The molecule has 4 heterocycles. The Labute approximate surface area is 211 Å². The van der Waals surface area contributed by atoms with E-state index in [1.807, 2.05) is 61.1 Å². The Morgan fingerprint density at radius 1 is 1.08 bits per heavy atom. The fourth-order valence-electron chi connectivity index (χ4n) is 4.35. The first-order valence-electron chi connectivity index (χ1n) is 12.1. The van der Waals surface area contributed by atoms with Crippen LogP contribution in [0.2, 0.25) is 0 Å². The van der Waals surface area contributed by atoms with Gasteiger partial charge in [0.1, 0.15) is 11.8 Å². The van der Waals surface area contributed by atoms with Crippen molar-refractivity contribution in [2.45, 2.75) is 19.8 Å². The van der Waals surface area contributed by atoms with E-state index in [1.54, 1.807) is 19.4 Å². The van der Waals surface area contributed by atoms with Crippen molar-refractivity contribution in [2.75, 3.05) is 43.8 Å². The Morgan fingerprint density at radius 2 is 1.94 bits per heavy atom. The zero-order valence-corrected chi connectivity index (χ0v) is 21.6. The van der Waals surface area contributed by atoms with Crippen LogP contribution in [0.1, 0.15) is 18.9 Å². The number of sulfonamides is 1. The number of hydrogen-bond acceptors (Lipinski definition) is 7. The molecule has 0 radical (unpaired) electrons. The maximum atomic E-state index is 12.6. The van der Waals surface area contributed by atoms with E-state index in [4.69, 9.17) is 9.72 Å². The molecule has 3 aromatic heterocycles. The molecule has 1 aliphatic heterocycles. The number of imidazole rings is 1. The van der Waals surface area contributed by atoms with Gasteiger partial charge in [0.05, 0.1) is 29.4 Å². The van der Waals surface area contributed by atoms with Gasteiger partial charge in [-0.05, 0) is 69.8 Å². The highest BCUT2D eigenvalue weighted by Gasteiger charge is 2.28.